The van der Waals surface area contributed by atoms with Crippen LogP contribution in [0, 0.1) is 0 Å². The number of halogens is 1. The third-order valence-corrected chi connectivity index (χ3v) is 2.32. The molecule has 1 aliphatic rings. The Hall–Kier alpha value is -1.33. The minimum atomic E-state index is -0.573. The molecule has 0 saturated carbocycles. The standard InChI is InChI=1S/C11H19FN2O3/c1-11(2,3)17-10(16)14-7-6-13(5-4-12)9(15)8-14/h4-8H2,1-3H3. The van der Waals surface area contributed by atoms with Gasteiger partial charge in [0, 0.05) is 19.6 Å². The van der Waals surface area contributed by atoms with Gasteiger partial charge in [0.05, 0.1) is 0 Å². The predicted molar refractivity (Wildman–Crippen MR) is 60.4 cm³/mol. The average molecular weight is 246 g/mol. The van der Waals surface area contributed by atoms with E-state index < -0.39 is 18.4 Å². The van der Waals surface area contributed by atoms with Crippen LogP contribution in [0.2, 0.25) is 0 Å². The highest BCUT2D eigenvalue weighted by atomic mass is 19.1. The number of amides is 2. The summed E-state index contributed by atoms with van der Waals surface area (Å²) < 4.78 is 17.3. The van der Waals surface area contributed by atoms with Crippen LogP contribution in [-0.4, -0.2) is 60.3 Å². The van der Waals surface area contributed by atoms with E-state index in [1.807, 2.05) is 0 Å². The Bertz CT molecular complexity index is 302. The molecule has 1 fully saturated rings. The van der Waals surface area contributed by atoms with Crippen molar-refractivity contribution in [1.29, 1.82) is 0 Å². The molecular formula is C11H19FN2O3. The number of carbonyl (C=O) groups excluding carboxylic acids is 2. The van der Waals surface area contributed by atoms with Gasteiger partial charge >= 0.3 is 6.09 Å². The van der Waals surface area contributed by atoms with E-state index in [4.69, 9.17) is 4.74 Å². The summed E-state index contributed by atoms with van der Waals surface area (Å²) in [5.41, 5.74) is -0.573. The molecule has 0 aliphatic carbocycles. The molecule has 0 bridgehead atoms. The molecule has 17 heavy (non-hydrogen) atoms. The topological polar surface area (TPSA) is 49.9 Å². The largest absolute Gasteiger partial charge is 0.444 e. The first-order chi connectivity index (χ1) is 7.83. The smallest absolute Gasteiger partial charge is 0.410 e. The normalized spacial score (nSPS) is 17.3. The maximum Gasteiger partial charge on any atom is 0.410 e. The van der Waals surface area contributed by atoms with Gasteiger partial charge in [0.25, 0.3) is 0 Å². The number of hydrogen-bond acceptors (Lipinski definition) is 3. The third-order valence-electron chi connectivity index (χ3n) is 2.32. The van der Waals surface area contributed by atoms with Crippen molar-refractivity contribution < 1.29 is 18.7 Å². The SMILES string of the molecule is CC(C)(C)OC(=O)N1CCN(CCF)C(=O)C1. The Labute approximate surface area is 101 Å². The first kappa shape index (κ1) is 13.7. The van der Waals surface area contributed by atoms with E-state index >= 15 is 0 Å². The van der Waals surface area contributed by atoms with Gasteiger partial charge in [-0.2, -0.15) is 0 Å². The van der Waals surface area contributed by atoms with Gasteiger partial charge in [-0.1, -0.05) is 0 Å². The van der Waals surface area contributed by atoms with Crippen LogP contribution in [0.3, 0.4) is 0 Å². The Morgan fingerprint density at radius 3 is 2.53 bits per heavy atom. The average Bonchev–Trinajstić information content (AvgIpc) is 2.18. The second-order valence-electron chi connectivity index (χ2n) is 4.97. The van der Waals surface area contributed by atoms with Crippen molar-refractivity contribution in [2.45, 2.75) is 26.4 Å². The molecule has 0 atom stereocenters. The van der Waals surface area contributed by atoms with Crippen LogP contribution in [0.1, 0.15) is 20.8 Å². The minimum absolute atomic E-state index is 0.0328. The lowest BCUT2D eigenvalue weighted by atomic mass is 10.2. The molecule has 0 aromatic carbocycles. The highest BCUT2D eigenvalue weighted by Gasteiger charge is 2.29. The van der Waals surface area contributed by atoms with Gasteiger partial charge in [-0.05, 0) is 20.8 Å². The molecule has 1 saturated heterocycles. The van der Waals surface area contributed by atoms with Crippen LogP contribution in [0.5, 0.6) is 0 Å². The van der Waals surface area contributed by atoms with Crippen molar-refractivity contribution in [1.82, 2.24) is 9.80 Å². The molecule has 1 heterocycles. The Kier molecular flexibility index (Phi) is 4.31. The fourth-order valence-electron chi connectivity index (χ4n) is 1.53. The van der Waals surface area contributed by atoms with Crippen molar-refractivity contribution in [2.75, 3.05) is 32.9 Å². The Morgan fingerprint density at radius 1 is 1.41 bits per heavy atom. The van der Waals surface area contributed by atoms with Gasteiger partial charge in [0.2, 0.25) is 5.91 Å². The number of alkyl halides is 1. The molecule has 1 rings (SSSR count). The van der Waals surface area contributed by atoms with Gasteiger partial charge in [-0.25, -0.2) is 9.18 Å². The lowest BCUT2D eigenvalue weighted by Crippen LogP contribution is -2.53. The first-order valence-corrected chi connectivity index (χ1v) is 5.65. The molecular weight excluding hydrogens is 227 g/mol. The van der Waals surface area contributed by atoms with E-state index in [0.29, 0.717) is 13.1 Å². The molecule has 6 heteroatoms. The lowest BCUT2D eigenvalue weighted by molar-refractivity contribution is -0.136. The highest BCUT2D eigenvalue weighted by molar-refractivity contribution is 5.83. The van der Waals surface area contributed by atoms with E-state index in [-0.39, 0.29) is 19.0 Å². The molecule has 98 valence electrons. The van der Waals surface area contributed by atoms with Gasteiger partial charge < -0.3 is 9.64 Å². The van der Waals surface area contributed by atoms with Crippen LogP contribution < -0.4 is 0 Å². The van der Waals surface area contributed by atoms with E-state index in [9.17, 15) is 14.0 Å². The maximum absolute atomic E-state index is 12.1. The minimum Gasteiger partial charge on any atom is -0.444 e. The molecule has 0 N–H and O–H groups in total. The summed E-state index contributed by atoms with van der Waals surface area (Å²) in [5.74, 6) is -0.236. The number of carbonyl (C=O) groups is 2. The summed E-state index contributed by atoms with van der Waals surface area (Å²) in [4.78, 5) is 26.0. The number of ether oxygens (including phenoxy) is 1. The zero-order valence-corrected chi connectivity index (χ0v) is 10.5. The van der Waals surface area contributed by atoms with E-state index in [1.165, 1.54) is 9.80 Å². The van der Waals surface area contributed by atoms with Crippen molar-refractivity contribution >= 4 is 12.0 Å². The summed E-state index contributed by atoms with van der Waals surface area (Å²) in [6.45, 7) is 5.57. The Balaban J connectivity index is 2.49. The molecule has 2 amide bonds. The van der Waals surface area contributed by atoms with Crippen LogP contribution in [0.15, 0.2) is 0 Å². The summed E-state index contributed by atoms with van der Waals surface area (Å²) in [7, 11) is 0. The van der Waals surface area contributed by atoms with Crippen molar-refractivity contribution in [3.05, 3.63) is 0 Å². The maximum atomic E-state index is 12.1. The summed E-state index contributed by atoms with van der Waals surface area (Å²) in [6, 6.07) is 0. The predicted octanol–water partition coefficient (Wildman–Crippen LogP) is 1.04. The van der Waals surface area contributed by atoms with Crippen LogP contribution in [-0.2, 0) is 9.53 Å². The van der Waals surface area contributed by atoms with E-state index in [0.717, 1.165) is 0 Å². The Morgan fingerprint density at radius 2 is 2.06 bits per heavy atom. The van der Waals surface area contributed by atoms with Crippen LogP contribution in [0.25, 0.3) is 0 Å². The van der Waals surface area contributed by atoms with Gasteiger partial charge in [-0.15, -0.1) is 0 Å². The summed E-state index contributed by atoms with van der Waals surface area (Å²) in [6.07, 6.45) is -0.495. The molecule has 0 aromatic heterocycles. The number of nitrogens with zero attached hydrogens (tertiary/aromatic N) is 2. The van der Waals surface area contributed by atoms with Gasteiger partial charge in [-0.3, -0.25) is 9.69 Å². The highest BCUT2D eigenvalue weighted by Crippen LogP contribution is 2.12. The summed E-state index contributed by atoms with van der Waals surface area (Å²) >= 11 is 0. The van der Waals surface area contributed by atoms with Crippen molar-refractivity contribution in [3.63, 3.8) is 0 Å². The molecule has 0 aromatic rings. The third kappa shape index (κ3) is 4.20. The second-order valence-corrected chi connectivity index (χ2v) is 4.97. The van der Waals surface area contributed by atoms with Crippen molar-refractivity contribution in [3.8, 4) is 0 Å². The lowest BCUT2D eigenvalue weighted by Gasteiger charge is -2.34. The zero-order valence-electron chi connectivity index (χ0n) is 10.5. The fraction of sp³-hybridized carbons (Fsp3) is 0.818. The van der Waals surface area contributed by atoms with Crippen molar-refractivity contribution in [2.24, 2.45) is 0 Å². The molecule has 1 aliphatic heterocycles. The zero-order chi connectivity index (χ0) is 13.1. The first-order valence-electron chi connectivity index (χ1n) is 5.65. The monoisotopic (exact) mass is 246 g/mol. The summed E-state index contributed by atoms with van der Waals surface area (Å²) in [5, 5.41) is 0. The molecule has 0 unspecified atom stereocenters. The van der Waals surface area contributed by atoms with E-state index in [2.05, 4.69) is 0 Å². The fourth-order valence-corrected chi connectivity index (χ4v) is 1.53. The number of rotatable bonds is 2. The quantitative estimate of drug-likeness (QED) is 0.731. The van der Waals surface area contributed by atoms with Crippen LogP contribution >= 0.6 is 0 Å². The number of hydrogen-bond donors (Lipinski definition) is 0. The van der Waals surface area contributed by atoms with Gasteiger partial charge in [0.1, 0.15) is 18.8 Å². The molecule has 0 radical (unpaired) electrons. The van der Waals surface area contributed by atoms with Crippen LogP contribution in [0.4, 0.5) is 9.18 Å². The van der Waals surface area contributed by atoms with Gasteiger partial charge in [0.15, 0.2) is 0 Å². The van der Waals surface area contributed by atoms with E-state index in [1.54, 1.807) is 20.8 Å². The molecule has 5 nitrogen and oxygen atoms in total. The second kappa shape index (κ2) is 5.33. The number of piperazine rings is 1. The molecule has 0 spiro atoms.